The molecule has 0 aliphatic carbocycles. The second-order valence-corrected chi connectivity index (χ2v) is 14.7. The number of nitrogens with zero attached hydrogens (tertiary/aromatic N) is 3. The van der Waals surface area contributed by atoms with Gasteiger partial charge in [-0.05, 0) is 0 Å². The molecule has 1 aromatic heterocycles. The summed E-state index contributed by atoms with van der Waals surface area (Å²) < 4.78 is 1.88. The molecule has 0 amide bonds. The molecule has 0 saturated heterocycles. The Morgan fingerprint density at radius 2 is 1.03 bits per heavy atom. The van der Waals surface area contributed by atoms with E-state index in [1.54, 1.807) is 0 Å². The zero-order valence-corrected chi connectivity index (χ0v) is 20.1. The van der Waals surface area contributed by atoms with E-state index in [1.165, 1.54) is 0 Å². The van der Waals surface area contributed by atoms with Gasteiger partial charge in [-0.15, -0.1) is 0 Å². The second kappa shape index (κ2) is 8.59. The zero-order chi connectivity index (χ0) is 22.8. The summed E-state index contributed by atoms with van der Waals surface area (Å²) in [6, 6.07) is 41.5. The Morgan fingerprint density at radius 1 is 0.636 bits per heavy atom. The molecular weight excluding hydrogens is 445 g/mol. The van der Waals surface area contributed by atoms with Crippen molar-refractivity contribution in [3.8, 4) is 11.4 Å². The van der Waals surface area contributed by atoms with E-state index < -0.39 is 5.96 Å². The molecule has 0 unspecified atom stereocenters. The van der Waals surface area contributed by atoms with Crippen LogP contribution in [0.3, 0.4) is 0 Å². The molecule has 0 radical (unpaired) electrons. The number of aromatic nitrogens is 3. The van der Waals surface area contributed by atoms with E-state index >= 15 is 0 Å². The normalized spacial score (nSPS) is 12.7. The van der Waals surface area contributed by atoms with E-state index in [9.17, 15) is 0 Å². The van der Waals surface area contributed by atoms with Crippen LogP contribution >= 0.6 is 17.2 Å². The van der Waals surface area contributed by atoms with E-state index in [4.69, 9.17) is 21.3 Å². The van der Waals surface area contributed by atoms with Crippen LogP contribution in [0.15, 0.2) is 121 Å². The van der Waals surface area contributed by atoms with Crippen molar-refractivity contribution in [3.63, 3.8) is 0 Å². The summed E-state index contributed by atoms with van der Waals surface area (Å²) in [5.41, 5.74) is 0.994. The molecule has 0 spiro atoms. The van der Waals surface area contributed by atoms with Crippen LogP contribution in [0.5, 0.6) is 0 Å². The van der Waals surface area contributed by atoms with Crippen LogP contribution < -0.4 is 15.9 Å². The van der Waals surface area contributed by atoms with Crippen molar-refractivity contribution < 1.29 is 0 Å². The van der Waals surface area contributed by atoms with Crippen molar-refractivity contribution in [1.29, 1.82) is 0 Å². The monoisotopic (exact) mass is 469 g/mol. The number of benzene rings is 4. The summed E-state index contributed by atoms with van der Waals surface area (Å²) in [6.45, 7) is 0. The van der Waals surface area contributed by atoms with Crippen LogP contribution in [0, 0.1) is 0 Å². The van der Waals surface area contributed by atoms with Crippen molar-refractivity contribution in [2.45, 2.75) is 6.16 Å². The van der Waals surface area contributed by atoms with Crippen LogP contribution in [-0.4, -0.2) is 14.8 Å². The predicted octanol–water partition coefficient (Wildman–Crippen LogP) is 5.67. The zero-order valence-electron chi connectivity index (χ0n) is 18.4. The van der Waals surface area contributed by atoms with Gasteiger partial charge >= 0.3 is 200 Å². The van der Waals surface area contributed by atoms with Gasteiger partial charge < -0.3 is 0 Å². The number of rotatable bonds is 6. The number of aryl methyl sites for hydroxylation is 1. The van der Waals surface area contributed by atoms with Gasteiger partial charge in [-0.3, -0.25) is 0 Å². The molecule has 0 N–H and O–H groups in total. The summed E-state index contributed by atoms with van der Waals surface area (Å²) >= 11 is 8.19. The van der Waals surface area contributed by atoms with Crippen molar-refractivity contribution in [1.82, 2.24) is 14.8 Å². The van der Waals surface area contributed by atoms with Gasteiger partial charge in [0, 0.05) is 0 Å². The molecule has 0 fully saturated rings. The Balaban J connectivity index is 1.78. The van der Waals surface area contributed by atoms with Crippen LogP contribution in [0.2, 0.25) is 0 Å². The Bertz CT molecular complexity index is 1250. The summed E-state index contributed by atoms with van der Waals surface area (Å²) in [5.74, 6) is -1.88. The third kappa shape index (κ3) is 3.68. The quantitative estimate of drug-likeness (QED) is 0.300. The molecule has 5 rings (SSSR count). The fourth-order valence-electron chi connectivity index (χ4n) is 4.47. The van der Waals surface area contributed by atoms with Crippen LogP contribution in [0.25, 0.3) is 11.4 Å². The first-order chi connectivity index (χ1) is 16.1. The van der Waals surface area contributed by atoms with Crippen LogP contribution in [0.1, 0.15) is 5.82 Å². The SMILES string of the molecule is Cn1nc(-c2ccccc2)nc1CP(Cl)(c1ccccc1)(c1ccccc1)c1ccccc1. The van der Waals surface area contributed by atoms with Crippen LogP contribution in [0.4, 0.5) is 0 Å². The van der Waals surface area contributed by atoms with Gasteiger partial charge in [0.05, 0.1) is 0 Å². The molecule has 5 aromatic rings. The molecule has 0 saturated carbocycles. The summed E-state index contributed by atoms with van der Waals surface area (Å²) in [7, 11) is 1.95. The van der Waals surface area contributed by atoms with Gasteiger partial charge in [0.1, 0.15) is 0 Å². The van der Waals surface area contributed by atoms with Gasteiger partial charge in [0.25, 0.3) is 0 Å². The van der Waals surface area contributed by atoms with Crippen molar-refractivity contribution in [2.75, 3.05) is 0 Å². The molecule has 0 atom stereocenters. The Labute approximate surface area is 199 Å². The van der Waals surface area contributed by atoms with Crippen molar-refractivity contribution in [2.24, 2.45) is 7.05 Å². The maximum absolute atomic E-state index is 8.19. The second-order valence-electron chi connectivity index (χ2n) is 8.19. The molecule has 0 aliphatic rings. The summed E-state index contributed by atoms with van der Waals surface area (Å²) in [5, 5.41) is 8.10. The molecule has 5 heteroatoms. The minimum absolute atomic E-state index is 0.557. The van der Waals surface area contributed by atoms with Crippen molar-refractivity contribution in [3.05, 3.63) is 127 Å². The Morgan fingerprint density at radius 3 is 1.45 bits per heavy atom. The molecule has 164 valence electrons. The standard InChI is InChI=1S/C28H25ClN3P/c1-32-27(30-28(31-32)23-14-6-2-7-15-23)22-33(29,24-16-8-3-9-17-24,25-18-10-4-11-19-25)26-20-12-5-13-21-26/h2-21H,22H2,1H3. The van der Waals surface area contributed by atoms with Gasteiger partial charge in [-0.25, -0.2) is 0 Å². The fourth-order valence-corrected chi connectivity index (χ4v) is 10.4. The van der Waals surface area contributed by atoms with E-state index in [1.807, 2.05) is 60.3 Å². The van der Waals surface area contributed by atoms with E-state index in [0.29, 0.717) is 12.0 Å². The van der Waals surface area contributed by atoms with Gasteiger partial charge in [0.15, 0.2) is 0 Å². The Kier molecular flexibility index (Phi) is 5.62. The first kappa shape index (κ1) is 21.6. The molecule has 3 nitrogen and oxygen atoms in total. The number of halogens is 1. The van der Waals surface area contributed by atoms with Crippen LogP contribution in [-0.2, 0) is 13.2 Å². The number of hydrogen-bond acceptors (Lipinski definition) is 2. The summed E-state index contributed by atoms with van der Waals surface area (Å²) in [4.78, 5) is 4.99. The fraction of sp³-hybridized carbons (Fsp3) is 0.0714. The average Bonchev–Trinajstić information content (AvgIpc) is 3.26. The van der Waals surface area contributed by atoms with Crippen molar-refractivity contribution >= 4 is 33.1 Å². The molecule has 33 heavy (non-hydrogen) atoms. The minimum atomic E-state index is -3.46. The third-order valence-electron chi connectivity index (χ3n) is 6.21. The maximum atomic E-state index is 8.19. The van der Waals surface area contributed by atoms with Gasteiger partial charge in [-0.2, -0.15) is 0 Å². The Hall–Kier alpha value is -3.26. The van der Waals surface area contributed by atoms with E-state index in [-0.39, 0.29) is 0 Å². The van der Waals surface area contributed by atoms with E-state index in [2.05, 4.69) is 72.8 Å². The first-order valence-electron chi connectivity index (χ1n) is 10.9. The molecular formula is C28H25ClN3P. The average molecular weight is 470 g/mol. The molecule has 1 heterocycles. The first-order valence-corrected chi connectivity index (χ1v) is 14.3. The van der Waals surface area contributed by atoms with Gasteiger partial charge in [-0.1, -0.05) is 0 Å². The number of hydrogen-bond donors (Lipinski definition) is 0. The molecule has 0 aliphatic heterocycles. The van der Waals surface area contributed by atoms with E-state index in [0.717, 1.165) is 27.3 Å². The third-order valence-corrected chi connectivity index (χ3v) is 13.3. The van der Waals surface area contributed by atoms with Gasteiger partial charge in [0.2, 0.25) is 0 Å². The molecule has 0 bridgehead atoms. The molecule has 4 aromatic carbocycles. The summed E-state index contributed by atoms with van der Waals surface area (Å²) in [6.07, 6.45) is 0.557. The predicted molar refractivity (Wildman–Crippen MR) is 141 cm³/mol. The topological polar surface area (TPSA) is 30.7 Å².